The maximum Gasteiger partial charge on any atom is 0.257 e. The van der Waals surface area contributed by atoms with Gasteiger partial charge in [-0.05, 0) is 55.7 Å². The first-order valence-corrected chi connectivity index (χ1v) is 8.56. The fourth-order valence-corrected chi connectivity index (χ4v) is 2.93. The van der Waals surface area contributed by atoms with Crippen LogP contribution in [-0.2, 0) is 6.54 Å². The molecule has 4 nitrogen and oxygen atoms in total. The second kappa shape index (κ2) is 7.40. The number of carbonyl (C=O) groups excluding carboxylic acids is 1. The zero-order valence-corrected chi connectivity index (χ0v) is 15.2. The van der Waals surface area contributed by atoms with Crippen molar-refractivity contribution in [1.29, 1.82) is 0 Å². The van der Waals surface area contributed by atoms with Crippen molar-refractivity contribution < 1.29 is 4.79 Å². The van der Waals surface area contributed by atoms with Gasteiger partial charge in [-0.25, -0.2) is 0 Å². The van der Waals surface area contributed by atoms with Gasteiger partial charge in [0.05, 0.1) is 12.1 Å². The summed E-state index contributed by atoms with van der Waals surface area (Å²) in [6, 6.07) is 16.9. The number of anilines is 1. The third-order valence-electron chi connectivity index (χ3n) is 4.20. The number of carbonyl (C=O) groups is 1. The lowest BCUT2D eigenvalue weighted by atomic mass is 10.1. The Labute approximate surface area is 153 Å². The molecule has 3 aromatic rings. The molecule has 0 spiro atoms. The predicted octanol–water partition coefficient (Wildman–Crippen LogP) is 4.07. The van der Waals surface area contributed by atoms with E-state index >= 15 is 0 Å². The van der Waals surface area contributed by atoms with Crippen LogP contribution < -0.4 is 10.9 Å². The Morgan fingerprint density at radius 1 is 0.885 bits per heavy atom. The summed E-state index contributed by atoms with van der Waals surface area (Å²) in [7, 11) is 0. The van der Waals surface area contributed by atoms with E-state index in [1.165, 1.54) is 11.6 Å². The van der Waals surface area contributed by atoms with Gasteiger partial charge in [-0.2, -0.15) is 0 Å². The lowest BCUT2D eigenvalue weighted by molar-refractivity contribution is 0.102. The predicted molar refractivity (Wildman–Crippen MR) is 105 cm³/mol. The summed E-state index contributed by atoms with van der Waals surface area (Å²) in [5.41, 5.74) is 5.44. The van der Waals surface area contributed by atoms with Crippen LogP contribution in [0.1, 0.15) is 32.6 Å². The highest BCUT2D eigenvalue weighted by atomic mass is 16.2. The fourth-order valence-electron chi connectivity index (χ4n) is 2.93. The molecule has 1 heterocycles. The molecule has 0 saturated heterocycles. The van der Waals surface area contributed by atoms with Gasteiger partial charge in [0.25, 0.3) is 11.5 Å². The van der Waals surface area contributed by atoms with Gasteiger partial charge in [-0.15, -0.1) is 0 Å². The summed E-state index contributed by atoms with van der Waals surface area (Å²) in [6.45, 7) is 6.44. The van der Waals surface area contributed by atoms with E-state index in [-0.39, 0.29) is 11.5 Å². The molecule has 132 valence electrons. The maximum atomic E-state index is 12.6. The minimum absolute atomic E-state index is 0.131. The highest BCUT2D eigenvalue weighted by Crippen LogP contribution is 2.15. The van der Waals surface area contributed by atoms with Gasteiger partial charge in [0.1, 0.15) is 0 Å². The maximum absolute atomic E-state index is 12.6. The van der Waals surface area contributed by atoms with E-state index < -0.39 is 0 Å². The van der Waals surface area contributed by atoms with E-state index in [4.69, 9.17) is 0 Å². The van der Waals surface area contributed by atoms with Crippen LogP contribution in [0.3, 0.4) is 0 Å². The molecule has 0 saturated carbocycles. The van der Waals surface area contributed by atoms with E-state index in [2.05, 4.69) is 11.4 Å². The van der Waals surface area contributed by atoms with Crippen molar-refractivity contribution in [3.05, 3.63) is 99.0 Å². The minimum atomic E-state index is -0.229. The summed E-state index contributed by atoms with van der Waals surface area (Å²) in [4.78, 5) is 24.7. The van der Waals surface area contributed by atoms with Crippen LogP contribution in [0.5, 0.6) is 0 Å². The zero-order chi connectivity index (χ0) is 18.7. The average Bonchev–Trinajstić information content (AvgIpc) is 2.58. The molecular formula is C22H22N2O2. The average molecular weight is 346 g/mol. The molecule has 1 aromatic heterocycles. The van der Waals surface area contributed by atoms with Gasteiger partial charge in [0.15, 0.2) is 0 Å². The van der Waals surface area contributed by atoms with Crippen LogP contribution in [0.4, 0.5) is 5.69 Å². The Balaban J connectivity index is 1.83. The smallest absolute Gasteiger partial charge is 0.257 e. The van der Waals surface area contributed by atoms with Crippen LogP contribution in [0.2, 0.25) is 0 Å². The number of benzene rings is 2. The van der Waals surface area contributed by atoms with Crippen LogP contribution in [-0.4, -0.2) is 10.5 Å². The van der Waals surface area contributed by atoms with Crippen LogP contribution in [0.25, 0.3) is 0 Å². The fraction of sp³-hybridized carbons (Fsp3) is 0.182. The molecule has 0 aliphatic heterocycles. The third kappa shape index (κ3) is 4.28. The number of nitrogens with zero attached hydrogens (tertiary/aromatic N) is 1. The summed E-state index contributed by atoms with van der Waals surface area (Å²) in [5.74, 6) is -0.229. The van der Waals surface area contributed by atoms with Gasteiger partial charge in [-0.3, -0.25) is 9.59 Å². The zero-order valence-electron chi connectivity index (χ0n) is 15.2. The Morgan fingerprint density at radius 2 is 1.54 bits per heavy atom. The Morgan fingerprint density at radius 3 is 2.19 bits per heavy atom. The summed E-state index contributed by atoms with van der Waals surface area (Å²) in [5, 5.41) is 2.90. The van der Waals surface area contributed by atoms with Crippen molar-refractivity contribution in [2.24, 2.45) is 0 Å². The largest absolute Gasteiger partial charge is 0.322 e. The minimum Gasteiger partial charge on any atom is -0.322 e. The number of pyridine rings is 1. The van der Waals surface area contributed by atoms with Gasteiger partial charge in [-0.1, -0.05) is 35.9 Å². The number of hydrogen-bond acceptors (Lipinski definition) is 2. The van der Waals surface area contributed by atoms with Crippen molar-refractivity contribution in [2.75, 3.05) is 5.32 Å². The molecule has 0 bridgehead atoms. The first-order chi connectivity index (χ1) is 12.4. The number of hydrogen-bond donors (Lipinski definition) is 1. The first-order valence-electron chi connectivity index (χ1n) is 8.56. The van der Waals surface area contributed by atoms with E-state index in [0.29, 0.717) is 12.1 Å². The van der Waals surface area contributed by atoms with E-state index in [9.17, 15) is 9.59 Å². The van der Waals surface area contributed by atoms with E-state index in [1.54, 1.807) is 16.8 Å². The van der Waals surface area contributed by atoms with E-state index in [0.717, 1.165) is 22.4 Å². The number of amides is 1. The standard InChI is InChI=1S/C22H22N2O2/c1-15-4-6-18(7-5-15)13-24-14-19(8-9-21(24)25)22(26)23-20-11-16(2)10-17(3)12-20/h4-12,14H,13H2,1-3H3,(H,23,26). The molecule has 0 aliphatic rings. The van der Waals surface area contributed by atoms with Gasteiger partial charge in [0, 0.05) is 18.0 Å². The first kappa shape index (κ1) is 17.7. The SMILES string of the molecule is Cc1ccc(Cn2cc(C(=O)Nc3cc(C)cc(C)c3)ccc2=O)cc1. The summed E-state index contributed by atoms with van der Waals surface area (Å²) < 4.78 is 1.56. The van der Waals surface area contributed by atoms with Gasteiger partial charge in [0.2, 0.25) is 0 Å². The van der Waals surface area contributed by atoms with Crippen molar-refractivity contribution in [3.63, 3.8) is 0 Å². The molecule has 0 aliphatic carbocycles. The summed E-state index contributed by atoms with van der Waals surface area (Å²) in [6.07, 6.45) is 1.61. The molecule has 0 unspecified atom stereocenters. The number of aromatic nitrogens is 1. The molecule has 0 atom stereocenters. The Bertz CT molecular complexity index is 981. The molecular weight excluding hydrogens is 324 g/mol. The molecule has 0 radical (unpaired) electrons. The highest BCUT2D eigenvalue weighted by molar-refractivity contribution is 6.04. The quantitative estimate of drug-likeness (QED) is 0.774. The van der Waals surface area contributed by atoms with Crippen LogP contribution in [0, 0.1) is 20.8 Å². The van der Waals surface area contributed by atoms with Crippen LogP contribution >= 0.6 is 0 Å². The number of nitrogens with one attached hydrogen (secondary N) is 1. The van der Waals surface area contributed by atoms with Gasteiger partial charge < -0.3 is 9.88 Å². The molecule has 2 aromatic carbocycles. The highest BCUT2D eigenvalue weighted by Gasteiger charge is 2.09. The molecule has 0 fully saturated rings. The second-order valence-electron chi connectivity index (χ2n) is 6.70. The third-order valence-corrected chi connectivity index (χ3v) is 4.20. The number of aryl methyl sites for hydroxylation is 3. The molecule has 3 rings (SSSR count). The number of rotatable bonds is 4. The Kier molecular flexibility index (Phi) is 5.03. The molecule has 4 heteroatoms. The van der Waals surface area contributed by atoms with Gasteiger partial charge >= 0.3 is 0 Å². The van der Waals surface area contributed by atoms with Crippen molar-refractivity contribution >= 4 is 11.6 Å². The topological polar surface area (TPSA) is 51.1 Å². The lowest BCUT2D eigenvalue weighted by Crippen LogP contribution is -2.22. The summed E-state index contributed by atoms with van der Waals surface area (Å²) >= 11 is 0. The van der Waals surface area contributed by atoms with Crippen molar-refractivity contribution in [3.8, 4) is 0 Å². The molecule has 1 N–H and O–H groups in total. The van der Waals surface area contributed by atoms with Crippen LogP contribution in [0.15, 0.2) is 65.6 Å². The molecule has 1 amide bonds. The van der Waals surface area contributed by atoms with Crippen molar-refractivity contribution in [2.45, 2.75) is 27.3 Å². The van der Waals surface area contributed by atoms with E-state index in [1.807, 2.05) is 57.2 Å². The second-order valence-corrected chi connectivity index (χ2v) is 6.70. The Hall–Kier alpha value is -3.14. The van der Waals surface area contributed by atoms with Crippen molar-refractivity contribution in [1.82, 2.24) is 4.57 Å². The normalized spacial score (nSPS) is 10.6. The lowest BCUT2D eigenvalue weighted by Gasteiger charge is -2.10. The monoisotopic (exact) mass is 346 g/mol. The molecule has 26 heavy (non-hydrogen) atoms.